The lowest BCUT2D eigenvalue weighted by Gasteiger charge is -2.31. The molecule has 0 bridgehead atoms. The van der Waals surface area contributed by atoms with Gasteiger partial charge in [-0.05, 0) is 103 Å². The van der Waals surface area contributed by atoms with E-state index in [0.717, 1.165) is 30.2 Å². The highest BCUT2D eigenvalue weighted by Gasteiger charge is 2.27. The van der Waals surface area contributed by atoms with Gasteiger partial charge in [-0.3, -0.25) is 0 Å². The van der Waals surface area contributed by atoms with Crippen LogP contribution in [0.2, 0.25) is 0 Å². The summed E-state index contributed by atoms with van der Waals surface area (Å²) >= 11 is 0. The van der Waals surface area contributed by atoms with E-state index in [4.69, 9.17) is 4.74 Å². The molecule has 35 heavy (non-hydrogen) atoms. The Labute approximate surface area is 210 Å². The Kier molecular flexibility index (Phi) is 8.05. The van der Waals surface area contributed by atoms with Crippen LogP contribution in [0.3, 0.4) is 0 Å². The predicted octanol–water partition coefficient (Wildman–Crippen LogP) is 8.32. The van der Waals surface area contributed by atoms with E-state index in [1.807, 2.05) is 6.07 Å². The topological polar surface area (TPSA) is 41.5 Å². The molecule has 2 aliphatic rings. The van der Waals surface area contributed by atoms with Gasteiger partial charge < -0.3 is 15.2 Å². The molecule has 3 heteroatoms. The summed E-state index contributed by atoms with van der Waals surface area (Å²) in [4.78, 5) is 0. The average Bonchev–Trinajstić information content (AvgIpc) is 3.75. The van der Waals surface area contributed by atoms with Gasteiger partial charge in [0.2, 0.25) is 0 Å². The molecule has 3 aromatic rings. The molecule has 0 unspecified atom stereocenters. The molecule has 2 fully saturated rings. The number of benzene rings is 3. The van der Waals surface area contributed by atoms with Gasteiger partial charge in [-0.25, -0.2) is 0 Å². The fourth-order valence-electron chi connectivity index (χ4n) is 5.74. The molecule has 0 saturated heterocycles. The Morgan fingerprint density at radius 3 is 2.46 bits per heavy atom. The SMILES string of the molecule is OCCC[C@H](c1cccc(Nc2ccc(OCc3ccccc3)cc2C2CC2)c1)C1CCCCC1. The molecule has 1 atom stereocenters. The molecule has 2 aliphatic carbocycles. The minimum absolute atomic E-state index is 0.282. The van der Waals surface area contributed by atoms with Gasteiger partial charge in [0.15, 0.2) is 0 Å². The van der Waals surface area contributed by atoms with Gasteiger partial charge in [-0.1, -0.05) is 61.7 Å². The molecule has 0 amide bonds. The third-order valence-corrected chi connectivity index (χ3v) is 7.77. The molecule has 0 aliphatic heterocycles. The van der Waals surface area contributed by atoms with Crippen molar-refractivity contribution in [1.82, 2.24) is 0 Å². The molecule has 2 N–H and O–H groups in total. The zero-order valence-electron chi connectivity index (χ0n) is 20.8. The molecule has 0 spiro atoms. The van der Waals surface area contributed by atoms with Crippen LogP contribution in [0.15, 0.2) is 72.8 Å². The van der Waals surface area contributed by atoms with Crippen LogP contribution >= 0.6 is 0 Å². The zero-order chi connectivity index (χ0) is 23.9. The quantitative estimate of drug-likeness (QED) is 0.297. The van der Waals surface area contributed by atoms with Crippen molar-refractivity contribution in [1.29, 1.82) is 0 Å². The van der Waals surface area contributed by atoms with Gasteiger partial charge in [0.25, 0.3) is 0 Å². The fraction of sp³-hybridized carbons (Fsp3) is 0.438. The molecule has 3 aromatic carbocycles. The minimum Gasteiger partial charge on any atom is -0.489 e. The van der Waals surface area contributed by atoms with Gasteiger partial charge in [0, 0.05) is 18.0 Å². The first-order valence-electron chi connectivity index (χ1n) is 13.6. The van der Waals surface area contributed by atoms with Crippen molar-refractivity contribution in [3.05, 3.63) is 89.5 Å². The maximum atomic E-state index is 9.50. The van der Waals surface area contributed by atoms with Crippen molar-refractivity contribution in [2.45, 2.75) is 76.2 Å². The molecular formula is C32H39NO2. The Morgan fingerprint density at radius 2 is 1.69 bits per heavy atom. The van der Waals surface area contributed by atoms with Crippen LogP contribution in [0.1, 0.15) is 86.3 Å². The fourth-order valence-corrected chi connectivity index (χ4v) is 5.74. The van der Waals surface area contributed by atoms with Gasteiger partial charge >= 0.3 is 0 Å². The highest BCUT2D eigenvalue weighted by atomic mass is 16.5. The average molecular weight is 470 g/mol. The number of hydrogen-bond acceptors (Lipinski definition) is 3. The van der Waals surface area contributed by atoms with Crippen molar-refractivity contribution in [3.63, 3.8) is 0 Å². The van der Waals surface area contributed by atoms with Crippen molar-refractivity contribution in [3.8, 4) is 5.75 Å². The number of rotatable bonds is 11. The van der Waals surface area contributed by atoms with E-state index in [1.165, 1.54) is 67.3 Å². The lowest BCUT2D eigenvalue weighted by atomic mass is 9.75. The Morgan fingerprint density at radius 1 is 0.857 bits per heavy atom. The largest absolute Gasteiger partial charge is 0.489 e. The van der Waals surface area contributed by atoms with Crippen molar-refractivity contribution in [2.24, 2.45) is 5.92 Å². The third-order valence-electron chi connectivity index (χ3n) is 7.77. The second-order valence-electron chi connectivity index (χ2n) is 10.4. The molecule has 0 aromatic heterocycles. The molecule has 5 rings (SSSR count). The number of aliphatic hydroxyl groups excluding tert-OH is 1. The van der Waals surface area contributed by atoms with Crippen LogP contribution < -0.4 is 10.1 Å². The van der Waals surface area contributed by atoms with Gasteiger partial charge in [-0.15, -0.1) is 0 Å². The minimum atomic E-state index is 0.282. The van der Waals surface area contributed by atoms with Gasteiger partial charge in [0.05, 0.1) is 0 Å². The summed E-state index contributed by atoms with van der Waals surface area (Å²) < 4.78 is 6.12. The zero-order valence-corrected chi connectivity index (χ0v) is 20.8. The lowest BCUT2D eigenvalue weighted by Crippen LogP contribution is -2.17. The summed E-state index contributed by atoms with van der Waals surface area (Å²) in [6.45, 7) is 0.876. The van der Waals surface area contributed by atoms with Crippen LogP contribution in [-0.4, -0.2) is 11.7 Å². The van der Waals surface area contributed by atoms with Crippen LogP contribution in [-0.2, 0) is 6.61 Å². The van der Waals surface area contributed by atoms with Gasteiger partial charge in [0.1, 0.15) is 12.4 Å². The normalized spacial score (nSPS) is 17.2. The monoisotopic (exact) mass is 469 g/mol. The Balaban J connectivity index is 1.32. The summed E-state index contributed by atoms with van der Waals surface area (Å²) in [5.74, 6) is 2.85. The van der Waals surface area contributed by atoms with E-state index in [9.17, 15) is 5.11 Å². The number of hydrogen-bond donors (Lipinski definition) is 2. The van der Waals surface area contributed by atoms with Crippen LogP contribution in [0.5, 0.6) is 5.75 Å². The highest BCUT2D eigenvalue weighted by Crippen LogP contribution is 2.46. The third kappa shape index (κ3) is 6.46. The van der Waals surface area contributed by atoms with E-state index in [2.05, 4.69) is 72.0 Å². The van der Waals surface area contributed by atoms with Crippen molar-refractivity contribution < 1.29 is 9.84 Å². The van der Waals surface area contributed by atoms with Crippen LogP contribution in [0.25, 0.3) is 0 Å². The molecule has 0 radical (unpaired) electrons. The number of nitrogens with one attached hydrogen (secondary N) is 1. The number of ether oxygens (including phenoxy) is 1. The standard InChI is InChI=1S/C32H39NO2/c34-20-8-15-30(25-11-5-2-6-12-25)27-13-7-14-28(21-27)33-32-19-18-29(22-31(32)26-16-17-26)35-23-24-9-3-1-4-10-24/h1,3-4,7,9-10,13-14,18-19,21-22,25-26,30,33-34H,2,5-6,8,11-12,15-17,20,23H2/t30-/m0/s1. The maximum Gasteiger partial charge on any atom is 0.120 e. The first-order chi connectivity index (χ1) is 17.3. The maximum absolute atomic E-state index is 9.50. The summed E-state index contributed by atoms with van der Waals surface area (Å²) in [7, 11) is 0. The molecular weight excluding hydrogens is 430 g/mol. The predicted molar refractivity (Wildman–Crippen MR) is 145 cm³/mol. The van der Waals surface area contributed by atoms with E-state index >= 15 is 0 Å². The molecule has 184 valence electrons. The highest BCUT2D eigenvalue weighted by molar-refractivity contribution is 5.66. The van der Waals surface area contributed by atoms with E-state index in [0.29, 0.717) is 18.4 Å². The smallest absolute Gasteiger partial charge is 0.120 e. The van der Waals surface area contributed by atoms with Crippen molar-refractivity contribution >= 4 is 11.4 Å². The first kappa shape index (κ1) is 23.9. The van der Waals surface area contributed by atoms with E-state index in [1.54, 1.807) is 0 Å². The molecule has 0 heterocycles. The summed E-state index contributed by atoms with van der Waals surface area (Å²) in [5, 5.41) is 13.2. The lowest BCUT2D eigenvalue weighted by molar-refractivity contribution is 0.249. The van der Waals surface area contributed by atoms with E-state index in [-0.39, 0.29) is 6.61 Å². The van der Waals surface area contributed by atoms with E-state index < -0.39 is 0 Å². The Bertz CT molecular complexity index is 1070. The second kappa shape index (κ2) is 11.8. The van der Waals surface area contributed by atoms with Crippen LogP contribution in [0, 0.1) is 5.92 Å². The second-order valence-corrected chi connectivity index (χ2v) is 10.4. The Hall–Kier alpha value is -2.78. The summed E-state index contributed by atoms with van der Waals surface area (Å²) in [6.07, 6.45) is 11.2. The summed E-state index contributed by atoms with van der Waals surface area (Å²) in [6, 6.07) is 25.9. The summed E-state index contributed by atoms with van der Waals surface area (Å²) in [5.41, 5.74) is 6.33. The molecule has 3 nitrogen and oxygen atoms in total. The van der Waals surface area contributed by atoms with Crippen molar-refractivity contribution in [2.75, 3.05) is 11.9 Å². The molecule has 2 saturated carbocycles. The first-order valence-corrected chi connectivity index (χ1v) is 13.6. The number of aliphatic hydroxyl groups is 1. The number of anilines is 2. The van der Waals surface area contributed by atoms with Crippen LogP contribution in [0.4, 0.5) is 11.4 Å². The van der Waals surface area contributed by atoms with Gasteiger partial charge in [-0.2, -0.15) is 0 Å².